The summed E-state index contributed by atoms with van der Waals surface area (Å²) in [6, 6.07) is 3.75. The van der Waals surface area contributed by atoms with Gasteiger partial charge in [-0.2, -0.15) is 0 Å². The SMILES string of the molecule is CCNC(=NCc1cc(Cl)c2c(c1)OCCO2)NCC(C)(O)CN1CCOCC1.I. The molecule has 8 nitrogen and oxygen atoms in total. The van der Waals surface area contributed by atoms with Crippen LogP contribution in [0.5, 0.6) is 11.5 Å². The van der Waals surface area contributed by atoms with Crippen molar-refractivity contribution in [3.8, 4) is 11.5 Å². The number of morpholine rings is 1. The summed E-state index contributed by atoms with van der Waals surface area (Å²) in [7, 11) is 0. The molecule has 2 aliphatic heterocycles. The van der Waals surface area contributed by atoms with E-state index in [1.54, 1.807) is 0 Å². The van der Waals surface area contributed by atoms with Gasteiger partial charge >= 0.3 is 0 Å². The number of guanidine groups is 1. The molecule has 2 aliphatic rings. The number of aliphatic hydroxyl groups is 1. The van der Waals surface area contributed by atoms with Crippen molar-refractivity contribution in [2.75, 3.05) is 59.2 Å². The number of benzene rings is 1. The monoisotopic (exact) mass is 554 g/mol. The summed E-state index contributed by atoms with van der Waals surface area (Å²) in [5, 5.41) is 17.7. The van der Waals surface area contributed by atoms with E-state index in [1.807, 2.05) is 26.0 Å². The molecule has 170 valence electrons. The quantitative estimate of drug-likeness (QED) is 0.270. The molecule has 1 fully saturated rings. The van der Waals surface area contributed by atoms with Crippen LogP contribution >= 0.6 is 35.6 Å². The first kappa shape index (κ1) is 25.3. The van der Waals surface area contributed by atoms with E-state index in [1.165, 1.54) is 0 Å². The molecule has 1 saturated heterocycles. The minimum absolute atomic E-state index is 0. The van der Waals surface area contributed by atoms with Crippen molar-refractivity contribution in [3.05, 3.63) is 22.7 Å². The van der Waals surface area contributed by atoms with Crippen molar-refractivity contribution in [3.63, 3.8) is 0 Å². The predicted molar refractivity (Wildman–Crippen MR) is 129 cm³/mol. The van der Waals surface area contributed by atoms with Gasteiger partial charge in [0.15, 0.2) is 17.5 Å². The highest BCUT2D eigenvalue weighted by Crippen LogP contribution is 2.38. The number of nitrogens with zero attached hydrogens (tertiary/aromatic N) is 2. The summed E-state index contributed by atoms with van der Waals surface area (Å²) in [5.74, 6) is 1.89. The molecule has 1 aromatic rings. The Kier molecular flexibility index (Phi) is 10.2. The van der Waals surface area contributed by atoms with Gasteiger partial charge in [0.25, 0.3) is 0 Å². The van der Waals surface area contributed by atoms with Crippen LogP contribution in [0.25, 0.3) is 0 Å². The second-order valence-electron chi connectivity index (χ2n) is 7.54. The highest BCUT2D eigenvalue weighted by molar-refractivity contribution is 14.0. The first-order chi connectivity index (χ1) is 14.0. The van der Waals surface area contributed by atoms with Crippen molar-refractivity contribution < 1.29 is 19.3 Å². The molecule has 0 aliphatic carbocycles. The lowest BCUT2D eigenvalue weighted by Gasteiger charge is -2.34. The Labute approximate surface area is 200 Å². The molecular formula is C20H32ClIN4O4. The molecule has 0 amide bonds. The van der Waals surface area contributed by atoms with E-state index in [-0.39, 0.29) is 24.0 Å². The third kappa shape index (κ3) is 7.60. The van der Waals surface area contributed by atoms with Crippen LogP contribution in [0.4, 0.5) is 0 Å². The molecule has 30 heavy (non-hydrogen) atoms. The Hall–Kier alpha value is -1.01. The van der Waals surface area contributed by atoms with Crippen molar-refractivity contribution in [1.29, 1.82) is 0 Å². The van der Waals surface area contributed by atoms with Gasteiger partial charge in [-0.1, -0.05) is 11.6 Å². The summed E-state index contributed by atoms with van der Waals surface area (Å²) < 4.78 is 16.5. The van der Waals surface area contributed by atoms with Gasteiger partial charge in [-0.15, -0.1) is 24.0 Å². The van der Waals surface area contributed by atoms with E-state index >= 15 is 0 Å². The van der Waals surface area contributed by atoms with E-state index in [9.17, 15) is 5.11 Å². The van der Waals surface area contributed by atoms with E-state index in [0.717, 1.165) is 25.2 Å². The molecule has 0 saturated carbocycles. The van der Waals surface area contributed by atoms with Crippen LogP contribution in [0.3, 0.4) is 0 Å². The lowest BCUT2D eigenvalue weighted by molar-refractivity contribution is -0.0201. The molecule has 0 bridgehead atoms. The standard InChI is InChI=1S/C20H31ClN4O4.HI/c1-3-22-19(24-13-20(2,26)14-25-4-6-27-7-5-25)23-12-15-10-16(21)18-17(11-15)28-8-9-29-18;/h10-11,26H,3-9,12-14H2,1-2H3,(H2,22,23,24);1H. The highest BCUT2D eigenvalue weighted by atomic mass is 127. The first-order valence-electron chi connectivity index (χ1n) is 10.1. The van der Waals surface area contributed by atoms with Crippen LogP contribution < -0.4 is 20.1 Å². The van der Waals surface area contributed by atoms with Gasteiger partial charge in [-0.25, -0.2) is 4.99 Å². The summed E-state index contributed by atoms with van der Waals surface area (Å²) >= 11 is 6.31. The average molecular weight is 555 g/mol. The molecule has 3 N–H and O–H groups in total. The van der Waals surface area contributed by atoms with Gasteiger partial charge < -0.3 is 30.0 Å². The Bertz CT molecular complexity index is 714. The predicted octanol–water partition coefficient (Wildman–Crippen LogP) is 1.87. The summed E-state index contributed by atoms with van der Waals surface area (Å²) in [5.41, 5.74) is 0.0462. The van der Waals surface area contributed by atoms with Crippen LogP contribution in [0.15, 0.2) is 17.1 Å². The molecule has 0 radical (unpaired) electrons. The lowest BCUT2D eigenvalue weighted by Crippen LogP contribution is -2.52. The van der Waals surface area contributed by atoms with Crippen LogP contribution in [0, 0.1) is 0 Å². The van der Waals surface area contributed by atoms with Crippen molar-refractivity contribution in [2.45, 2.75) is 26.0 Å². The molecule has 0 spiro atoms. The number of hydrogen-bond donors (Lipinski definition) is 3. The summed E-state index contributed by atoms with van der Waals surface area (Å²) in [6.45, 7) is 10.1. The van der Waals surface area contributed by atoms with Gasteiger partial charge in [-0.3, -0.25) is 4.90 Å². The van der Waals surface area contributed by atoms with Gasteiger partial charge in [0, 0.05) is 32.7 Å². The first-order valence-corrected chi connectivity index (χ1v) is 10.5. The number of hydrogen-bond acceptors (Lipinski definition) is 6. The minimum Gasteiger partial charge on any atom is -0.486 e. The molecule has 1 aromatic carbocycles. The third-order valence-corrected chi connectivity index (χ3v) is 5.01. The van der Waals surface area contributed by atoms with Crippen molar-refractivity contribution in [2.24, 2.45) is 4.99 Å². The zero-order chi connectivity index (χ0) is 20.7. The fraction of sp³-hybridized carbons (Fsp3) is 0.650. The maximum Gasteiger partial charge on any atom is 0.191 e. The fourth-order valence-corrected chi connectivity index (χ4v) is 3.63. The molecular weight excluding hydrogens is 523 g/mol. The Balaban J connectivity index is 0.00000320. The lowest BCUT2D eigenvalue weighted by atomic mass is 10.1. The molecule has 3 rings (SSSR count). The number of halogens is 2. The van der Waals surface area contributed by atoms with Crippen LogP contribution in [-0.4, -0.2) is 80.7 Å². The van der Waals surface area contributed by atoms with E-state index in [2.05, 4.69) is 20.5 Å². The van der Waals surface area contributed by atoms with Crippen molar-refractivity contribution >= 4 is 41.5 Å². The Morgan fingerprint density at radius 2 is 1.93 bits per heavy atom. The Morgan fingerprint density at radius 3 is 2.67 bits per heavy atom. The maximum atomic E-state index is 10.8. The maximum absolute atomic E-state index is 10.8. The number of ether oxygens (including phenoxy) is 3. The van der Waals surface area contributed by atoms with Crippen LogP contribution in [0.1, 0.15) is 19.4 Å². The highest BCUT2D eigenvalue weighted by Gasteiger charge is 2.25. The number of nitrogens with one attached hydrogen (secondary N) is 2. The summed E-state index contributed by atoms with van der Waals surface area (Å²) in [4.78, 5) is 6.83. The number of aliphatic imine (C=N–C) groups is 1. The van der Waals surface area contributed by atoms with Crippen LogP contribution in [-0.2, 0) is 11.3 Å². The fourth-order valence-electron chi connectivity index (χ4n) is 3.34. The number of fused-ring (bicyclic) bond motifs is 1. The van der Waals surface area contributed by atoms with E-state index < -0.39 is 5.60 Å². The second-order valence-corrected chi connectivity index (χ2v) is 7.94. The van der Waals surface area contributed by atoms with E-state index in [4.69, 9.17) is 25.8 Å². The van der Waals surface area contributed by atoms with Gasteiger partial charge in [0.05, 0.1) is 30.4 Å². The second kappa shape index (κ2) is 12.1. The zero-order valence-corrected chi connectivity index (χ0v) is 20.7. The average Bonchev–Trinajstić information content (AvgIpc) is 2.70. The molecule has 2 heterocycles. The minimum atomic E-state index is -0.881. The molecule has 10 heteroatoms. The summed E-state index contributed by atoms with van der Waals surface area (Å²) in [6.07, 6.45) is 0. The van der Waals surface area contributed by atoms with Gasteiger partial charge in [0.1, 0.15) is 13.2 Å². The third-order valence-electron chi connectivity index (χ3n) is 4.73. The normalized spacial score (nSPS) is 18.9. The Morgan fingerprint density at radius 1 is 1.20 bits per heavy atom. The largest absolute Gasteiger partial charge is 0.486 e. The topological polar surface area (TPSA) is 87.6 Å². The van der Waals surface area contributed by atoms with Gasteiger partial charge in [0.2, 0.25) is 0 Å². The number of rotatable bonds is 7. The van der Waals surface area contributed by atoms with Gasteiger partial charge in [-0.05, 0) is 31.5 Å². The number of β-amino-alcohol motifs (C(OH)–C–C–N with tert-alkyl or cyclic N) is 1. The zero-order valence-electron chi connectivity index (χ0n) is 17.6. The van der Waals surface area contributed by atoms with Crippen molar-refractivity contribution in [1.82, 2.24) is 15.5 Å². The molecule has 1 unspecified atom stereocenters. The molecule has 0 aromatic heterocycles. The molecule has 1 atom stereocenters. The smallest absolute Gasteiger partial charge is 0.191 e. The van der Waals surface area contributed by atoms with Crippen LogP contribution in [0.2, 0.25) is 5.02 Å². The van der Waals surface area contributed by atoms with E-state index in [0.29, 0.717) is 68.5 Å².